The molecule has 1 heterocycles. The van der Waals surface area contributed by atoms with Crippen LogP contribution in [0.4, 0.5) is 11.6 Å². The van der Waals surface area contributed by atoms with E-state index in [2.05, 4.69) is 93.1 Å². The van der Waals surface area contributed by atoms with Gasteiger partial charge < -0.3 is 10.4 Å². The van der Waals surface area contributed by atoms with Crippen LogP contribution in [0.25, 0.3) is 0 Å². The van der Waals surface area contributed by atoms with E-state index in [1.54, 1.807) is 0 Å². The van der Waals surface area contributed by atoms with Crippen molar-refractivity contribution in [3.63, 3.8) is 0 Å². The van der Waals surface area contributed by atoms with Crippen molar-refractivity contribution < 1.29 is 5.11 Å². The smallest absolute Gasteiger partial charge is 0.232 e. The number of nitrogens with zero attached hydrogens (tertiary/aromatic N) is 3. The van der Waals surface area contributed by atoms with E-state index in [4.69, 9.17) is 0 Å². The van der Waals surface area contributed by atoms with Crippen LogP contribution >= 0.6 is 25.3 Å². The topological polar surface area (TPSA) is 70.9 Å². The lowest BCUT2D eigenvalue weighted by Gasteiger charge is -2.27. The maximum atomic E-state index is 10.7. The van der Waals surface area contributed by atoms with Gasteiger partial charge in [0.15, 0.2) is 10.3 Å². The van der Waals surface area contributed by atoms with Crippen molar-refractivity contribution in [1.82, 2.24) is 15.0 Å². The van der Waals surface area contributed by atoms with Crippen LogP contribution in [0.5, 0.6) is 5.75 Å². The molecule has 5 nitrogen and oxygen atoms in total. The lowest BCUT2D eigenvalue weighted by molar-refractivity contribution is 0.447. The monoisotopic (exact) mass is 364 g/mol. The lowest BCUT2D eigenvalue weighted by Crippen LogP contribution is -2.17. The molecule has 0 aliphatic heterocycles. The highest BCUT2D eigenvalue weighted by Gasteiger charge is 2.25. The average Bonchev–Trinajstić information content (AvgIpc) is 2.37. The summed E-state index contributed by atoms with van der Waals surface area (Å²) in [7, 11) is 0. The number of hydrogen-bond acceptors (Lipinski definition) is 7. The highest BCUT2D eigenvalue weighted by Crippen LogP contribution is 2.40. The first-order valence-corrected chi connectivity index (χ1v) is 8.56. The molecule has 0 unspecified atom stereocenters. The van der Waals surface area contributed by atoms with E-state index >= 15 is 0 Å². The Morgan fingerprint density at radius 3 is 1.88 bits per heavy atom. The second-order valence-corrected chi connectivity index (χ2v) is 8.60. The van der Waals surface area contributed by atoms with Gasteiger partial charge in [0, 0.05) is 5.56 Å². The summed E-state index contributed by atoms with van der Waals surface area (Å²) in [5.74, 6) is 0.485. The molecule has 130 valence electrons. The highest BCUT2D eigenvalue weighted by atomic mass is 32.1. The van der Waals surface area contributed by atoms with Crippen LogP contribution in [0.1, 0.15) is 52.7 Å². The third-order valence-electron chi connectivity index (χ3n) is 3.64. The molecule has 2 aromatic rings. The molecule has 1 aromatic carbocycles. The summed E-state index contributed by atoms with van der Waals surface area (Å²) in [6, 6.07) is 3.98. The molecule has 0 amide bonds. The zero-order chi connectivity index (χ0) is 18.3. The van der Waals surface area contributed by atoms with Gasteiger partial charge in [-0.2, -0.15) is 15.0 Å². The summed E-state index contributed by atoms with van der Waals surface area (Å²) in [4.78, 5) is 12.2. The number of hydrogen-bond donors (Lipinski definition) is 4. The van der Waals surface area contributed by atoms with E-state index in [0.29, 0.717) is 11.6 Å². The summed E-state index contributed by atoms with van der Waals surface area (Å²) < 4.78 is 0. The van der Waals surface area contributed by atoms with Crippen LogP contribution in [0.2, 0.25) is 0 Å². The molecular formula is C17H24N4OS2. The molecule has 0 saturated heterocycles. The molecule has 2 rings (SSSR count). The van der Waals surface area contributed by atoms with Crippen molar-refractivity contribution in [3.05, 3.63) is 23.3 Å². The number of anilines is 2. The van der Waals surface area contributed by atoms with Gasteiger partial charge in [-0.15, -0.1) is 25.3 Å². The molecule has 0 radical (unpaired) electrons. The fraction of sp³-hybridized carbons (Fsp3) is 0.471. The Morgan fingerprint density at radius 2 is 1.42 bits per heavy atom. The van der Waals surface area contributed by atoms with Gasteiger partial charge >= 0.3 is 0 Å². The summed E-state index contributed by atoms with van der Waals surface area (Å²) in [5, 5.41) is 14.3. The molecule has 0 fully saturated rings. The fourth-order valence-corrected chi connectivity index (χ4v) is 2.72. The molecule has 24 heavy (non-hydrogen) atoms. The Hall–Kier alpha value is -1.47. The lowest BCUT2D eigenvalue weighted by atomic mass is 9.79. The first-order chi connectivity index (χ1) is 10.9. The molecule has 0 bridgehead atoms. The molecule has 0 atom stereocenters. The molecule has 0 saturated carbocycles. The third-order valence-corrected chi connectivity index (χ3v) is 4.04. The Kier molecular flexibility index (Phi) is 5.06. The average molecular weight is 365 g/mol. The summed E-state index contributed by atoms with van der Waals surface area (Å²) >= 11 is 8.27. The Morgan fingerprint density at radius 1 is 0.875 bits per heavy atom. The quantitative estimate of drug-likeness (QED) is 0.467. The minimum absolute atomic E-state index is 0.0629. The minimum Gasteiger partial charge on any atom is -0.505 e. The molecule has 7 heteroatoms. The van der Waals surface area contributed by atoms with Crippen molar-refractivity contribution in [1.29, 1.82) is 0 Å². The number of aromatic hydroxyl groups is 1. The predicted octanol–water partition coefficient (Wildman–Crippen LogP) is 4.49. The van der Waals surface area contributed by atoms with Crippen LogP contribution in [0, 0.1) is 0 Å². The number of benzene rings is 1. The Bertz CT molecular complexity index is 744. The molecule has 2 N–H and O–H groups in total. The van der Waals surface area contributed by atoms with Crippen LogP contribution < -0.4 is 5.32 Å². The summed E-state index contributed by atoms with van der Waals surface area (Å²) in [5.41, 5.74) is 2.26. The molecule has 0 spiro atoms. The first kappa shape index (κ1) is 18.9. The standard InChI is InChI=1S/C17H24N4OS2/c1-16(2,3)9-7-10(17(4,5)6)12(22)11(8-9)18-13-19-14(23)21-15(24)20-13/h7-8,22H,1-6H3,(H3,18,19,20,21,23,24). The van der Waals surface area contributed by atoms with Crippen molar-refractivity contribution >= 4 is 36.9 Å². The van der Waals surface area contributed by atoms with Crippen molar-refractivity contribution in [2.45, 2.75) is 62.7 Å². The van der Waals surface area contributed by atoms with E-state index in [9.17, 15) is 5.11 Å². The van der Waals surface area contributed by atoms with Gasteiger partial charge in [-0.3, -0.25) is 0 Å². The van der Waals surface area contributed by atoms with E-state index in [0.717, 1.165) is 11.1 Å². The molecular weight excluding hydrogens is 340 g/mol. The first-order valence-electron chi connectivity index (χ1n) is 7.67. The van der Waals surface area contributed by atoms with E-state index in [-0.39, 0.29) is 26.9 Å². The van der Waals surface area contributed by atoms with Gasteiger partial charge in [-0.1, -0.05) is 47.6 Å². The zero-order valence-corrected chi connectivity index (χ0v) is 16.6. The van der Waals surface area contributed by atoms with Crippen LogP contribution in [-0.4, -0.2) is 20.1 Å². The van der Waals surface area contributed by atoms with Gasteiger partial charge in [-0.25, -0.2) is 0 Å². The molecule has 1 aromatic heterocycles. The summed E-state index contributed by atoms with van der Waals surface area (Å²) in [6.45, 7) is 12.6. The van der Waals surface area contributed by atoms with Crippen LogP contribution in [0.3, 0.4) is 0 Å². The number of aromatic nitrogens is 3. The third kappa shape index (κ3) is 4.33. The Labute approximate surface area is 154 Å². The largest absolute Gasteiger partial charge is 0.505 e. The van der Waals surface area contributed by atoms with E-state index in [1.165, 1.54) is 0 Å². The van der Waals surface area contributed by atoms with Crippen molar-refractivity contribution in [2.24, 2.45) is 0 Å². The number of phenolic OH excluding ortho intramolecular Hbond substituents is 1. The van der Waals surface area contributed by atoms with Crippen LogP contribution in [0.15, 0.2) is 22.4 Å². The zero-order valence-electron chi connectivity index (χ0n) is 14.8. The van der Waals surface area contributed by atoms with Crippen LogP contribution in [-0.2, 0) is 10.8 Å². The number of nitrogens with one attached hydrogen (secondary N) is 1. The van der Waals surface area contributed by atoms with E-state index < -0.39 is 0 Å². The predicted molar refractivity (Wildman–Crippen MR) is 103 cm³/mol. The van der Waals surface area contributed by atoms with Crippen molar-refractivity contribution in [3.8, 4) is 5.75 Å². The number of thiol groups is 2. The molecule has 0 aliphatic rings. The SMILES string of the molecule is CC(C)(C)c1cc(Nc2nc(S)nc(S)n2)c(O)c(C(C)(C)C)c1. The Balaban J connectivity index is 2.60. The van der Waals surface area contributed by atoms with Gasteiger partial charge in [0.1, 0.15) is 5.75 Å². The van der Waals surface area contributed by atoms with Crippen molar-refractivity contribution in [2.75, 3.05) is 5.32 Å². The normalized spacial score (nSPS) is 12.3. The van der Waals surface area contributed by atoms with Gasteiger partial charge in [-0.05, 0) is 22.5 Å². The summed E-state index contributed by atoms with van der Waals surface area (Å²) in [6.07, 6.45) is 0. The van der Waals surface area contributed by atoms with Gasteiger partial charge in [0.05, 0.1) is 5.69 Å². The maximum Gasteiger partial charge on any atom is 0.232 e. The van der Waals surface area contributed by atoms with E-state index in [1.807, 2.05) is 6.07 Å². The van der Waals surface area contributed by atoms with Gasteiger partial charge in [0.25, 0.3) is 0 Å². The maximum absolute atomic E-state index is 10.7. The molecule has 0 aliphatic carbocycles. The minimum atomic E-state index is -0.204. The fourth-order valence-electron chi connectivity index (χ4n) is 2.26. The number of rotatable bonds is 2. The second-order valence-electron chi connectivity index (χ2n) is 7.80. The number of phenols is 1. The highest BCUT2D eigenvalue weighted by molar-refractivity contribution is 7.80. The second kappa shape index (κ2) is 6.44. The van der Waals surface area contributed by atoms with Gasteiger partial charge in [0.2, 0.25) is 5.95 Å².